The summed E-state index contributed by atoms with van der Waals surface area (Å²) in [5.41, 5.74) is 2.01. The molecule has 2 aromatic rings. The molecule has 0 radical (unpaired) electrons. The Hall–Kier alpha value is -2.74. The second-order valence-corrected chi connectivity index (χ2v) is 10.5. The number of hydrogen-bond donors (Lipinski definition) is 0. The molecule has 1 aliphatic heterocycles. The lowest BCUT2D eigenvalue weighted by molar-refractivity contribution is -0.260. The van der Waals surface area contributed by atoms with Gasteiger partial charge in [0.1, 0.15) is 12.2 Å². The summed E-state index contributed by atoms with van der Waals surface area (Å²) in [7, 11) is 0. The van der Waals surface area contributed by atoms with E-state index in [1.807, 2.05) is 81.4 Å². The average molecular weight is 527 g/mol. The smallest absolute Gasteiger partial charge is 0.302 e. The van der Waals surface area contributed by atoms with E-state index < -0.39 is 18.5 Å². The van der Waals surface area contributed by atoms with Gasteiger partial charge in [0.2, 0.25) is 0 Å². The minimum Gasteiger partial charge on any atom is -0.462 e. The van der Waals surface area contributed by atoms with Gasteiger partial charge in [-0.3, -0.25) is 9.59 Å². The van der Waals surface area contributed by atoms with Gasteiger partial charge < -0.3 is 23.7 Å². The summed E-state index contributed by atoms with van der Waals surface area (Å²) in [4.78, 5) is 24.4. The Morgan fingerprint density at radius 3 is 2.08 bits per heavy atom. The molecule has 0 bridgehead atoms. The number of ether oxygens (including phenoxy) is 5. The molecule has 0 spiro atoms. The highest BCUT2D eigenvalue weighted by atomic mass is 16.7. The standard InChI is InChI=1S/C31H42O7/c1-20(17-34-19-26-13-9-7-10-14-26)28(36-24(5)32)22(3)30(37-25(6)33)23(4)29-21(2)18-35-31(38-29)27-15-11-8-12-16-27/h7-16,20-23,28-31H,17-19H2,1-6H3/t20-,21-,22+,23+,28-,29+,30+,31+/m1/s1. The quantitative estimate of drug-likeness (QED) is 0.327. The van der Waals surface area contributed by atoms with E-state index in [1.165, 1.54) is 13.8 Å². The van der Waals surface area contributed by atoms with Crippen molar-refractivity contribution < 1.29 is 33.3 Å². The molecule has 0 aromatic heterocycles. The molecule has 208 valence electrons. The predicted octanol–water partition coefficient (Wildman–Crippen LogP) is 5.73. The Morgan fingerprint density at radius 2 is 1.47 bits per heavy atom. The molecule has 1 saturated heterocycles. The van der Waals surface area contributed by atoms with Gasteiger partial charge in [0.15, 0.2) is 6.29 Å². The summed E-state index contributed by atoms with van der Waals surface area (Å²) in [6.45, 7) is 12.2. The topological polar surface area (TPSA) is 80.3 Å². The van der Waals surface area contributed by atoms with E-state index in [2.05, 4.69) is 6.92 Å². The van der Waals surface area contributed by atoms with Crippen LogP contribution >= 0.6 is 0 Å². The molecule has 2 aromatic carbocycles. The van der Waals surface area contributed by atoms with Crippen molar-refractivity contribution in [2.45, 2.75) is 72.8 Å². The molecule has 3 rings (SSSR count). The van der Waals surface area contributed by atoms with Gasteiger partial charge >= 0.3 is 11.9 Å². The number of esters is 2. The zero-order valence-corrected chi connectivity index (χ0v) is 23.4. The highest BCUT2D eigenvalue weighted by Crippen LogP contribution is 2.37. The van der Waals surface area contributed by atoms with Crippen LogP contribution in [0.5, 0.6) is 0 Å². The minimum absolute atomic E-state index is 0.0778. The van der Waals surface area contributed by atoms with Crippen molar-refractivity contribution in [1.82, 2.24) is 0 Å². The van der Waals surface area contributed by atoms with E-state index in [-0.39, 0.29) is 41.7 Å². The van der Waals surface area contributed by atoms with Crippen molar-refractivity contribution in [3.8, 4) is 0 Å². The van der Waals surface area contributed by atoms with Gasteiger partial charge in [-0.1, -0.05) is 88.4 Å². The maximum absolute atomic E-state index is 12.2. The highest BCUT2D eigenvalue weighted by molar-refractivity contribution is 5.66. The fraction of sp³-hybridized carbons (Fsp3) is 0.548. The molecule has 1 aliphatic rings. The van der Waals surface area contributed by atoms with Crippen molar-refractivity contribution in [3.63, 3.8) is 0 Å². The number of rotatable bonds is 12. The molecule has 38 heavy (non-hydrogen) atoms. The van der Waals surface area contributed by atoms with E-state index in [9.17, 15) is 9.59 Å². The van der Waals surface area contributed by atoms with Crippen molar-refractivity contribution in [3.05, 3.63) is 71.8 Å². The van der Waals surface area contributed by atoms with Crippen LogP contribution in [-0.4, -0.2) is 43.5 Å². The lowest BCUT2D eigenvalue weighted by atomic mass is 9.79. The predicted molar refractivity (Wildman–Crippen MR) is 144 cm³/mol. The first-order chi connectivity index (χ1) is 18.2. The van der Waals surface area contributed by atoms with E-state index in [1.54, 1.807) is 0 Å². The molecule has 8 atom stereocenters. The third-order valence-corrected chi connectivity index (χ3v) is 7.15. The summed E-state index contributed by atoms with van der Waals surface area (Å²) >= 11 is 0. The van der Waals surface area contributed by atoms with Crippen LogP contribution in [0, 0.1) is 23.7 Å². The van der Waals surface area contributed by atoms with Crippen LogP contribution in [0.15, 0.2) is 60.7 Å². The molecular weight excluding hydrogens is 484 g/mol. The highest BCUT2D eigenvalue weighted by Gasteiger charge is 2.43. The fourth-order valence-electron chi connectivity index (χ4n) is 5.30. The Labute approximate surface area is 226 Å². The molecule has 1 fully saturated rings. The normalized spacial score (nSPS) is 23.5. The molecule has 7 nitrogen and oxygen atoms in total. The molecule has 0 unspecified atom stereocenters. The monoisotopic (exact) mass is 526 g/mol. The van der Waals surface area contributed by atoms with Gasteiger partial charge in [0.25, 0.3) is 0 Å². The maximum Gasteiger partial charge on any atom is 0.302 e. The van der Waals surface area contributed by atoms with Crippen LogP contribution in [0.25, 0.3) is 0 Å². The Morgan fingerprint density at radius 1 is 0.895 bits per heavy atom. The molecule has 0 aliphatic carbocycles. The fourth-order valence-corrected chi connectivity index (χ4v) is 5.30. The number of carbonyl (C=O) groups excluding carboxylic acids is 2. The van der Waals surface area contributed by atoms with Gasteiger partial charge in [0.05, 0.1) is 25.9 Å². The molecule has 0 saturated carbocycles. The molecule has 7 heteroatoms. The van der Waals surface area contributed by atoms with Crippen molar-refractivity contribution in [1.29, 1.82) is 0 Å². The number of carbonyl (C=O) groups is 2. The van der Waals surface area contributed by atoms with Gasteiger partial charge in [-0.05, 0) is 5.56 Å². The minimum atomic E-state index is -0.546. The molecule has 1 heterocycles. The van der Waals surface area contributed by atoms with Gasteiger partial charge in [-0.2, -0.15) is 0 Å². The largest absolute Gasteiger partial charge is 0.462 e. The Kier molecular flexibility index (Phi) is 11.3. The van der Waals surface area contributed by atoms with E-state index in [4.69, 9.17) is 23.7 Å². The number of hydrogen-bond acceptors (Lipinski definition) is 7. The summed E-state index contributed by atoms with van der Waals surface area (Å²) < 4.78 is 30.1. The second-order valence-electron chi connectivity index (χ2n) is 10.5. The lowest BCUT2D eigenvalue weighted by Gasteiger charge is -2.43. The van der Waals surface area contributed by atoms with Crippen LogP contribution in [0.4, 0.5) is 0 Å². The lowest BCUT2D eigenvalue weighted by Crippen LogP contribution is -2.49. The Balaban J connectivity index is 1.76. The molecule has 0 amide bonds. The second kappa shape index (κ2) is 14.4. The van der Waals surface area contributed by atoms with Crippen LogP contribution < -0.4 is 0 Å². The third-order valence-electron chi connectivity index (χ3n) is 7.15. The third kappa shape index (κ3) is 8.38. The summed E-state index contributed by atoms with van der Waals surface area (Å²) in [6.07, 6.45) is -1.79. The Bertz CT molecular complexity index is 996. The van der Waals surface area contributed by atoms with E-state index in [0.717, 1.165) is 11.1 Å². The maximum atomic E-state index is 12.2. The zero-order chi connectivity index (χ0) is 27.7. The van der Waals surface area contributed by atoms with Crippen molar-refractivity contribution >= 4 is 11.9 Å². The van der Waals surface area contributed by atoms with Gasteiger partial charge in [-0.25, -0.2) is 0 Å². The zero-order valence-electron chi connectivity index (χ0n) is 23.4. The summed E-state index contributed by atoms with van der Waals surface area (Å²) in [5.74, 6) is -1.31. The molecular formula is C31H42O7. The van der Waals surface area contributed by atoms with Crippen LogP contribution in [0.1, 0.15) is 59.0 Å². The van der Waals surface area contributed by atoms with Gasteiger partial charge in [0, 0.05) is 43.1 Å². The van der Waals surface area contributed by atoms with Gasteiger partial charge in [-0.15, -0.1) is 0 Å². The van der Waals surface area contributed by atoms with E-state index >= 15 is 0 Å². The van der Waals surface area contributed by atoms with Crippen molar-refractivity contribution in [2.75, 3.05) is 13.2 Å². The van der Waals surface area contributed by atoms with Crippen LogP contribution in [0.3, 0.4) is 0 Å². The molecule has 0 N–H and O–H groups in total. The summed E-state index contributed by atoms with van der Waals surface area (Å²) in [5, 5.41) is 0. The summed E-state index contributed by atoms with van der Waals surface area (Å²) in [6, 6.07) is 19.7. The first kappa shape index (κ1) is 29.8. The van der Waals surface area contributed by atoms with E-state index in [0.29, 0.717) is 19.8 Å². The SMILES string of the molecule is CC(=O)O[C@H]([C@@H](C)[C@H]1O[C@@H](c2ccccc2)OC[C@H]1C)[C@@H](C)[C@H](OC(C)=O)[C@H](C)COCc1ccccc1. The van der Waals surface area contributed by atoms with Crippen molar-refractivity contribution in [2.24, 2.45) is 23.7 Å². The van der Waals surface area contributed by atoms with Crippen LogP contribution in [-0.2, 0) is 39.9 Å². The number of benzene rings is 2. The first-order valence-electron chi connectivity index (χ1n) is 13.5. The average Bonchev–Trinajstić information content (AvgIpc) is 2.90. The first-order valence-corrected chi connectivity index (χ1v) is 13.5. The van der Waals surface area contributed by atoms with Crippen LogP contribution in [0.2, 0.25) is 0 Å².